The number of aromatic nitrogens is 2. The number of hydrogen-bond donors (Lipinski definition) is 1. The number of carbonyl (C=O) groups is 1. The van der Waals surface area contributed by atoms with Gasteiger partial charge in [-0.15, -0.1) is 0 Å². The number of piperazine rings is 1. The molecule has 2 amide bonds. The Bertz CT molecular complexity index is 1050. The number of anilines is 1. The van der Waals surface area contributed by atoms with Gasteiger partial charge in [0, 0.05) is 52.0 Å². The van der Waals surface area contributed by atoms with Gasteiger partial charge in [-0.1, -0.05) is 0 Å². The fourth-order valence-electron chi connectivity index (χ4n) is 3.49. The zero-order valence-electron chi connectivity index (χ0n) is 16.7. The largest absolute Gasteiger partial charge is 0.365 e. The molecule has 9 nitrogen and oxygen atoms in total. The van der Waals surface area contributed by atoms with Crippen LogP contribution in [0.3, 0.4) is 0 Å². The molecule has 0 radical (unpaired) electrons. The Morgan fingerprint density at radius 2 is 1.90 bits per heavy atom. The van der Waals surface area contributed by atoms with Gasteiger partial charge >= 0.3 is 6.03 Å². The highest BCUT2D eigenvalue weighted by Gasteiger charge is 2.41. The molecule has 1 aliphatic heterocycles. The molecule has 11 heteroatoms. The highest BCUT2D eigenvalue weighted by atomic mass is 79.9. The number of nitrogens with zero attached hydrogens (tertiary/aromatic N) is 5. The topological polar surface area (TPSA) is 90.3 Å². The van der Waals surface area contributed by atoms with Crippen molar-refractivity contribution in [3.8, 4) is 0 Å². The van der Waals surface area contributed by atoms with Crippen LogP contribution in [0.5, 0.6) is 0 Å². The van der Waals surface area contributed by atoms with Crippen LogP contribution in [-0.4, -0.2) is 79.4 Å². The predicted molar refractivity (Wildman–Crippen MR) is 114 cm³/mol. The first-order chi connectivity index (χ1) is 13.6. The molecule has 0 spiro atoms. The Labute approximate surface area is 178 Å². The summed E-state index contributed by atoms with van der Waals surface area (Å²) in [5.74, 6) is 0. The summed E-state index contributed by atoms with van der Waals surface area (Å²) in [4.78, 5) is 22.3. The fraction of sp³-hybridized carbons (Fsp3) is 0.556. The average Bonchev–Trinajstić information content (AvgIpc) is 3.27. The van der Waals surface area contributed by atoms with Crippen molar-refractivity contribution in [2.24, 2.45) is 0 Å². The van der Waals surface area contributed by atoms with E-state index in [1.54, 1.807) is 46.8 Å². The van der Waals surface area contributed by atoms with E-state index in [0.29, 0.717) is 36.4 Å². The minimum atomic E-state index is -3.66. The molecule has 2 fully saturated rings. The Hall–Kier alpha value is -1.85. The standard InChI is InChI=1S/C18H25BrN6O3S/c1-18(4-5-18)21-29(27,28)13-10-14(16-20-11-15(19)25(16)12-13)23-6-8-24(9-7-23)17(26)22(2)3/h10-12,21H,4-9H2,1-3H3. The number of pyridine rings is 1. The molecule has 1 aliphatic carbocycles. The molecule has 3 heterocycles. The van der Waals surface area contributed by atoms with Crippen molar-refractivity contribution in [1.29, 1.82) is 0 Å². The van der Waals surface area contributed by atoms with Gasteiger partial charge in [0.25, 0.3) is 0 Å². The second-order valence-electron chi connectivity index (χ2n) is 8.15. The summed E-state index contributed by atoms with van der Waals surface area (Å²) in [5.41, 5.74) is 1.08. The Morgan fingerprint density at radius 3 is 2.48 bits per heavy atom. The van der Waals surface area contributed by atoms with Crippen molar-refractivity contribution in [2.75, 3.05) is 45.2 Å². The summed E-state index contributed by atoms with van der Waals surface area (Å²) in [6.45, 7) is 4.26. The lowest BCUT2D eigenvalue weighted by atomic mass is 10.2. The first kappa shape index (κ1) is 20.4. The summed E-state index contributed by atoms with van der Waals surface area (Å²) < 4.78 is 31.2. The maximum absolute atomic E-state index is 13.0. The number of hydrogen-bond acceptors (Lipinski definition) is 5. The number of sulfonamides is 1. The lowest BCUT2D eigenvalue weighted by molar-refractivity contribution is 0.168. The van der Waals surface area contributed by atoms with Gasteiger partial charge in [-0.3, -0.25) is 4.40 Å². The molecule has 1 saturated heterocycles. The van der Waals surface area contributed by atoms with Crippen LogP contribution in [0.25, 0.3) is 5.65 Å². The molecule has 0 unspecified atom stereocenters. The van der Waals surface area contributed by atoms with Gasteiger partial charge in [-0.25, -0.2) is 22.9 Å². The minimum absolute atomic E-state index is 0.0171. The van der Waals surface area contributed by atoms with E-state index in [9.17, 15) is 13.2 Å². The van der Waals surface area contributed by atoms with E-state index >= 15 is 0 Å². The summed E-state index contributed by atoms with van der Waals surface area (Å²) in [5, 5.41) is 0. The van der Waals surface area contributed by atoms with Gasteiger partial charge in [0.1, 0.15) is 9.50 Å². The lowest BCUT2D eigenvalue weighted by Gasteiger charge is -2.37. The first-order valence-electron chi connectivity index (χ1n) is 9.51. The second kappa shape index (κ2) is 7.13. The van der Waals surface area contributed by atoms with Gasteiger partial charge in [0.05, 0.1) is 11.9 Å². The molecule has 0 atom stereocenters. The number of fused-ring (bicyclic) bond motifs is 1. The quantitative estimate of drug-likeness (QED) is 0.713. The number of rotatable bonds is 4. The van der Waals surface area contributed by atoms with E-state index in [2.05, 4.69) is 30.5 Å². The van der Waals surface area contributed by atoms with Crippen LogP contribution in [0.2, 0.25) is 0 Å². The van der Waals surface area contributed by atoms with Gasteiger partial charge in [-0.2, -0.15) is 0 Å². The highest BCUT2D eigenvalue weighted by Crippen LogP contribution is 2.36. The van der Waals surface area contributed by atoms with E-state index in [4.69, 9.17) is 0 Å². The molecule has 2 aliphatic rings. The van der Waals surface area contributed by atoms with Gasteiger partial charge in [0.15, 0.2) is 5.65 Å². The lowest BCUT2D eigenvalue weighted by Crippen LogP contribution is -2.51. The van der Waals surface area contributed by atoms with Gasteiger partial charge in [-0.05, 0) is 41.8 Å². The second-order valence-corrected chi connectivity index (χ2v) is 10.6. The Morgan fingerprint density at radius 1 is 1.24 bits per heavy atom. The number of carbonyl (C=O) groups excluding carboxylic acids is 1. The summed E-state index contributed by atoms with van der Waals surface area (Å²) >= 11 is 3.45. The van der Waals surface area contributed by atoms with Crippen molar-refractivity contribution in [3.05, 3.63) is 23.1 Å². The van der Waals surface area contributed by atoms with Crippen molar-refractivity contribution >= 4 is 43.3 Å². The van der Waals surface area contributed by atoms with E-state index in [1.807, 2.05) is 6.92 Å². The van der Waals surface area contributed by atoms with Crippen LogP contribution in [0.1, 0.15) is 19.8 Å². The first-order valence-corrected chi connectivity index (χ1v) is 11.8. The van der Waals surface area contributed by atoms with Crippen LogP contribution in [0.4, 0.5) is 10.5 Å². The maximum Gasteiger partial charge on any atom is 0.319 e. The van der Waals surface area contributed by atoms with Gasteiger partial charge < -0.3 is 14.7 Å². The number of amides is 2. The molecule has 0 bridgehead atoms. The van der Waals surface area contributed by atoms with E-state index < -0.39 is 10.0 Å². The Kier molecular flexibility index (Phi) is 5.02. The number of imidazole rings is 1. The molecule has 1 saturated carbocycles. The van der Waals surface area contributed by atoms with E-state index in [0.717, 1.165) is 18.5 Å². The average molecular weight is 485 g/mol. The Balaban J connectivity index is 1.67. The van der Waals surface area contributed by atoms with Crippen LogP contribution >= 0.6 is 15.9 Å². The highest BCUT2D eigenvalue weighted by molar-refractivity contribution is 9.10. The monoisotopic (exact) mass is 484 g/mol. The smallest absolute Gasteiger partial charge is 0.319 e. The number of nitrogens with one attached hydrogen (secondary N) is 1. The van der Waals surface area contributed by atoms with Crippen molar-refractivity contribution in [3.63, 3.8) is 0 Å². The number of urea groups is 1. The minimum Gasteiger partial charge on any atom is -0.365 e. The summed E-state index contributed by atoms with van der Waals surface area (Å²) in [7, 11) is -0.179. The van der Waals surface area contributed by atoms with Crippen molar-refractivity contribution in [2.45, 2.75) is 30.2 Å². The van der Waals surface area contributed by atoms with Crippen molar-refractivity contribution < 1.29 is 13.2 Å². The summed E-state index contributed by atoms with van der Waals surface area (Å²) in [6, 6.07) is 1.67. The van der Waals surface area contributed by atoms with Crippen LogP contribution < -0.4 is 9.62 Å². The molecule has 0 aromatic carbocycles. The van der Waals surface area contributed by atoms with Crippen LogP contribution in [0, 0.1) is 0 Å². The molecule has 2 aromatic rings. The zero-order chi connectivity index (χ0) is 21.0. The predicted octanol–water partition coefficient (Wildman–Crippen LogP) is 1.73. The maximum atomic E-state index is 13.0. The molecule has 4 rings (SSSR count). The SMILES string of the molecule is CN(C)C(=O)N1CCN(c2cc(S(=O)(=O)NC3(C)CC3)cn3c(Br)cnc23)CC1. The van der Waals surface area contributed by atoms with E-state index in [1.165, 1.54) is 0 Å². The molecule has 1 N–H and O–H groups in total. The number of halogens is 1. The van der Waals surface area contributed by atoms with E-state index in [-0.39, 0.29) is 16.5 Å². The summed E-state index contributed by atoms with van der Waals surface area (Å²) in [6.07, 6.45) is 4.95. The molecular weight excluding hydrogens is 460 g/mol. The normalized spacial score (nSPS) is 18.9. The molecular formula is C18H25BrN6O3S. The zero-order valence-corrected chi connectivity index (χ0v) is 19.1. The fourth-order valence-corrected chi connectivity index (χ4v) is 5.34. The third-order valence-corrected chi connectivity index (χ3v) is 7.67. The van der Waals surface area contributed by atoms with Gasteiger partial charge in [0.2, 0.25) is 10.0 Å². The van der Waals surface area contributed by atoms with Crippen molar-refractivity contribution in [1.82, 2.24) is 23.9 Å². The molecule has 29 heavy (non-hydrogen) atoms. The van der Waals surface area contributed by atoms with Crippen LogP contribution in [0.15, 0.2) is 28.0 Å². The van der Waals surface area contributed by atoms with Crippen LogP contribution in [-0.2, 0) is 10.0 Å². The third-order valence-electron chi connectivity index (χ3n) is 5.48. The third kappa shape index (κ3) is 3.95. The molecule has 2 aromatic heterocycles. The molecule has 158 valence electrons.